The highest BCUT2D eigenvalue weighted by atomic mass is 35.5. The van der Waals surface area contributed by atoms with Crippen LogP contribution in [0.3, 0.4) is 0 Å². The number of hydrogen-bond acceptors (Lipinski definition) is 3. The first kappa shape index (κ1) is 16.5. The second-order valence-electron chi connectivity index (χ2n) is 5.16. The van der Waals surface area contributed by atoms with E-state index in [1.165, 1.54) is 0 Å². The van der Waals surface area contributed by atoms with Gasteiger partial charge >= 0.3 is 0 Å². The van der Waals surface area contributed by atoms with E-state index in [1.807, 2.05) is 11.7 Å². The van der Waals surface area contributed by atoms with Gasteiger partial charge in [0.2, 0.25) is 0 Å². The molecule has 0 aliphatic carbocycles. The molecule has 0 amide bonds. The molecule has 1 N–H and O–H groups in total. The molecule has 19 heavy (non-hydrogen) atoms. The Kier molecular flexibility index (Phi) is 7.42. The predicted octanol–water partition coefficient (Wildman–Crippen LogP) is 2.79. The first-order valence-corrected chi connectivity index (χ1v) is 7.42. The molecule has 0 aliphatic heterocycles. The Labute approximate surface area is 121 Å². The average Bonchev–Trinajstić information content (AvgIpc) is 2.64. The van der Waals surface area contributed by atoms with E-state index >= 15 is 0 Å². The summed E-state index contributed by atoms with van der Waals surface area (Å²) in [6, 6.07) is 0. The Hall–Kier alpha value is -0.580. The van der Waals surface area contributed by atoms with Crippen LogP contribution in [0.1, 0.15) is 38.6 Å². The first-order chi connectivity index (χ1) is 9.06. The fraction of sp³-hybridized carbons (Fsp3) is 0.786. The van der Waals surface area contributed by atoms with Gasteiger partial charge in [0, 0.05) is 26.7 Å². The number of ether oxygens (including phenoxy) is 1. The van der Waals surface area contributed by atoms with Gasteiger partial charge in [0.25, 0.3) is 0 Å². The molecule has 4 nitrogen and oxygen atoms in total. The van der Waals surface area contributed by atoms with Crippen LogP contribution in [0.4, 0.5) is 0 Å². The highest BCUT2D eigenvalue weighted by Gasteiger charge is 2.11. The van der Waals surface area contributed by atoms with Crippen LogP contribution in [0, 0.1) is 5.92 Å². The van der Waals surface area contributed by atoms with Gasteiger partial charge in [-0.1, -0.05) is 32.4 Å². The number of nitrogens with one attached hydrogen (secondary N) is 1. The molecule has 1 rings (SSSR count). The molecule has 5 heteroatoms. The zero-order valence-electron chi connectivity index (χ0n) is 12.5. The van der Waals surface area contributed by atoms with Gasteiger partial charge in [-0.15, -0.1) is 0 Å². The quantitative estimate of drug-likeness (QED) is 0.710. The number of rotatable bonds is 9. The molecule has 1 heterocycles. The molecule has 0 saturated carbocycles. The van der Waals surface area contributed by atoms with Crippen molar-refractivity contribution in [1.82, 2.24) is 15.1 Å². The summed E-state index contributed by atoms with van der Waals surface area (Å²) < 4.78 is 7.41. The standard InChI is InChI=1S/C14H26ClN3O/c1-5-12-14(15)13(18(4)17-12)10-16-7-9-19-8-6-11(2)3/h11,16H,5-10H2,1-4H3. The summed E-state index contributed by atoms with van der Waals surface area (Å²) in [6.45, 7) is 9.62. The summed E-state index contributed by atoms with van der Waals surface area (Å²) in [5.41, 5.74) is 2.01. The maximum atomic E-state index is 6.27. The first-order valence-electron chi connectivity index (χ1n) is 7.05. The van der Waals surface area contributed by atoms with E-state index in [2.05, 4.69) is 31.2 Å². The van der Waals surface area contributed by atoms with Gasteiger partial charge in [0.1, 0.15) is 0 Å². The second-order valence-corrected chi connectivity index (χ2v) is 5.53. The van der Waals surface area contributed by atoms with Gasteiger partial charge in [0.15, 0.2) is 0 Å². The number of hydrogen-bond donors (Lipinski definition) is 1. The van der Waals surface area contributed by atoms with Gasteiger partial charge in [-0.25, -0.2) is 0 Å². The van der Waals surface area contributed by atoms with Crippen LogP contribution in [0.15, 0.2) is 0 Å². The molecule has 0 aromatic carbocycles. The Morgan fingerprint density at radius 1 is 1.37 bits per heavy atom. The van der Waals surface area contributed by atoms with Crippen LogP contribution in [-0.4, -0.2) is 29.5 Å². The molecule has 0 fully saturated rings. The van der Waals surface area contributed by atoms with E-state index in [-0.39, 0.29) is 0 Å². The molecule has 0 radical (unpaired) electrons. The average molecular weight is 288 g/mol. The molecule has 0 atom stereocenters. The van der Waals surface area contributed by atoms with Crippen LogP contribution < -0.4 is 5.32 Å². The van der Waals surface area contributed by atoms with Gasteiger partial charge in [-0.3, -0.25) is 4.68 Å². The van der Waals surface area contributed by atoms with Crippen molar-refractivity contribution in [2.75, 3.05) is 19.8 Å². The van der Waals surface area contributed by atoms with Crippen LogP contribution >= 0.6 is 11.6 Å². The lowest BCUT2D eigenvalue weighted by Gasteiger charge is -2.08. The largest absolute Gasteiger partial charge is 0.380 e. The lowest BCUT2D eigenvalue weighted by molar-refractivity contribution is 0.125. The molecular formula is C14H26ClN3O. The van der Waals surface area contributed by atoms with Crippen molar-refractivity contribution < 1.29 is 4.74 Å². The highest BCUT2D eigenvalue weighted by Crippen LogP contribution is 2.20. The monoisotopic (exact) mass is 287 g/mol. The second kappa shape index (κ2) is 8.56. The fourth-order valence-corrected chi connectivity index (χ4v) is 2.14. The van der Waals surface area contributed by atoms with Crippen LogP contribution in [0.5, 0.6) is 0 Å². The molecule has 0 aliphatic rings. The Bertz CT molecular complexity index is 377. The topological polar surface area (TPSA) is 39.1 Å². The lowest BCUT2D eigenvalue weighted by Crippen LogP contribution is -2.21. The summed E-state index contributed by atoms with van der Waals surface area (Å²) in [5, 5.41) is 8.52. The number of aromatic nitrogens is 2. The number of halogens is 1. The zero-order valence-corrected chi connectivity index (χ0v) is 13.3. The van der Waals surface area contributed by atoms with Crippen molar-refractivity contribution in [2.45, 2.75) is 40.2 Å². The van der Waals surface area contributed by atoms with E-state index in [1.54, 1.807) is 0 Å². The van der Waals surface area contributed by atoms with Gasteiger partial charge in [-0.05, 0) is 18.8 Å². The molecule has 1 aromatic rings. The summed E-state index contributed by atoms with van der Waals surface area (Å²) in [5.74, 6) is 0.702. The summed E-state index contributed by atoms with van der Waals surface area (Å²) in [7, 11) is 1.93. The van der Waals surface area contributed by atoms with Crippen molar-refractivity contribution >= 4 is 11.6 Å². The van der Waals surface area contributed by atoms with Crippen LogP contribution in [0.2, 0.25) is 5.02 Å². The van der Waals surface area contributed by atoms with E-state index in [9.17, 15) is 0 Å². The van der Waals surface area contributed by atoms with E-state index < -0.39 is 0 Å². The van der Waals surface area contributed by atoms with E-state index in [4.69, 9.17) is 16.3 Å². The normalized spacial score (nSPS) is 11.5. The minimum absolute atomic E-state index is 0.702. The molecule has 1 aromatic heterocycles. The molecular weight excluding hydrogens is 262 g/mol. The van der Waals surface area contributed by atoms with E-state index in [0.29, 0.717) is 5.92 Å². The zero-order chi connectivity index (χ0) is 14.3. The SMILES string of the molecule is CCc1nn(C)c(CNCCOCCC(C)C)c1Cl. The predicted molar refractivity (Wildman–Crippen MR) is 79.6 cm³/mol. The van der Waals surface area contributed by atoms with Gasteiger partial charge in [-0.2, -0.15) is 5.10 Å². The molecule has 0 saturated heterocycles. The maximum Gasteiger partial charge on any atom is 0.0863 e. The summed E-state index contributed by atoms with van der Waals surface area (Å²) in [6.07, 6.45) is 1.98. The highest BCUT2D eigenvalue weighted by molar-refractivity contribution is 6.31. The van der Waals surface area contributed by atoms with Crippen molar-refractivity contribution in [2.24, 2.45) is 13.0 Å². The molecule has 110 valence electrons. The van der Waals surface area contributed by atoms with Gasteiger partial charge in [0.05, 0.1) is 23.0 Å². The third-order valence-electron chi connectivity index (χ3n) is 3.06. The molecule has 0 spiro atoms. The third-order valence-corrected chi connectivity index (χ3v) is 3.49. The molecule has 0 unspecified atom stereocenters. The van der Waals surface area contributed by atoms with E-state index in [0.717, 1.165) is 55.6 Å². The van der Waals surface area contributed by atoms with Crippen molar-refractivity contribution in [3.8, 4) is 0 Å². The molecule has 0 bridgehead atoms. The van der Waals surface area contributed by atoms with Gasteiger partial charge < -0.3 is 10.1 Å². The van der Waals surface area contributed by atoms with Crippen LogP contribution in [-0.2, 0) is 24.8 Å². The van der Waals surface area contributed by atoms with Crippen molar-refractivity contribution in [3.05, 3.63) is 16.4 Å². The maximum absolute atomic E-state index is 6.27. The minimum atomic E-state index is 0.702. The Morgan fingerprint density at radius 3 is 2.68 bits per heavy atom. The third kappa shape index (κ3) is 5.51. The van der Waals surface area contributed by atoms with Crippen molar-refractivity contribution in [1.29, 1.82) is 0 Å². The number of nitrogens with zero attached hydrogens (tertiary/aromatic N) is 2. The summed E-state index contributed by atoms with van der Waals surface area (Å²) >= 11 is 6.27. The minimum Gasteiger partial charge on any atom is -0.380 e. The summed E-state index contributed by atoms with van der Waals surface area (Å²) in [4.78, 5) is 0. The van der Waals surface area contributed by atoms with Crippen LogP contribution in [0.25, 0.3) is 0 Å². The lowest BCUT2D eigenvalue weighted by atomic mass is 10.1. The Balaban J connectivity index is 2.21. The number of aryl methyl sites for hydroxylation is 2. The smallest absolute Gasteiger partial charge is 0.0863 e. The van der Waals surface area contributed by atoms with Crippen molar-refractivity contribution in [3.63, 3.8) is 0 Å². The Morgan fingerprint density at radius 2 is 2.11 bits per heavy atom. The fourth-order valence-electron chi connectivity index (χ4n) is 1.78.